The smallest absolute Gasteiger partial charge is 0.0701 e. The van der Waals surface area contributed by atoms with Gasteiger partial charge in [0.2, 0.25) is 0 Å². The molecule has 0 bridgehead atoms. The van der Waals surface area contributed by atoms with Gasteiger partial charge >= 0.3 is 0 Å². The molecule has 3 N–H and O–H groups in total. The zero-order valence-corrected chi connectivity index (χ0v) is 11.9. The van der Waals surface area contributed by atoms with Gasteiger partial charge in [0.25, 0.3) is 0 Å². The van der Waals surface area contributed by atoms with E-state index in [1.54, 1.807) is 22.7 Å². The van der Waals surface area contributed by atoms with Crippen molar-refractivity contribution in [2.45, 2.75) is 18.9 Å². The van der Waals surface area contributed by atoms with Crippen LogP contribution in [-0.4, -0.2) is 0 Å². The van der Waals surface area contributed by atoms with Gasteiger partial charge in [-0.15, -0.1) is 22.7 Å². The van der Waals surface area contributed by atoms with Gasteiger partial charge in [-0.2, -0.15) is 0 Å². The number of aryl methyl sites for hydroxylation is 1. The van der Waals surface area contributed by atoms with E-state index < -0.39 is 0 Å². The summed E-state index contributed by atoms with van der Waals surface area (Å²) in [5.41, 5.74) is 4.14. The van der Waals surface area contributed by atoms with Crippen LogP contribution in [-0.2, 0) is 6.42 Å². The SMILES string of the molecule is NNC(CCc1cccs1)c1csc(Br)c1. The second kappa shape index (κ2) is 5.93. The quantitative estimate of drug-likeness (QED) is 0.652. The maximum Gasteiger partial charge on any atom is 0.0701 e. The predicted octanol–water partition coefficient (Wildman–Crippen LogP) is 3.71. The molecule has 0 radical (unpaired) electrons. The lowest BCUT2D eigenvalue weighted by molar-refractivity contribution is 0.519. The summed E-state index contributed by atoms with van der Waals surface area (Å²) in [6.45, 7) is 0. The fourth-order valence-corrected chi connectivity index (χ4v) is 3.55. The maximum absolute atomic E-state index is 5.60. The van der Waals surface area contributed by atoms with Crippen LogP contribution in [0.1, 0.15) is 22.9 Å². The Morgan fingerprint density at radius 1 is 1.44 bits per heavy atom. The van der Waals surface area contributed by atoms with Gasteiger partial charge < -0.3 is 0 Å². The van der Waals surface area contributed by atoms with Crippen molar-refractivity contribution in [1.29, 1.82) is 0 Å². The molecule has 0 fully saturated rings. The summed E-state index contributed by atoms with van der Waals surface area (Å²) < 4.78 is 1.15. The first-order valence-corrected chi connectivity index (χ1v) is 7.57. The van der Waals surface area contributed by atoms with E-state index in [4.69, 9.17) is 5.84 Å². The molecule has 5 heteroatoms. The minimum Gasteiger partial charge on any atom is -0.271 e. The highest BCUT2D eigenvalue weighted by Gasteiger charge is 2.11. The van der Waals surface area contributed by atoms with E-state index in [-0.39, 0.29) is 6.04 Å². The fraction of sp³-hybridized carbons (Fsp3) is 0.273. The summed E-state index contributed by atoms with van der Waals surface area (Å²) in [6, 6.07) is 6.63. The van der Waals surface area contributed by atoms with Crippen LogP contribution >= 0.6 is 38.6 Å². The standard InChI is InChI=1S/C11H13BrN2S2/c12-11-6-8(7-16-11)10(14-13)4-3-9-2-1-5-15-9/h1-2,5-7,10,14H,3-4,13H2. The van der Waals surface area contributed by atoms with Crippen LogP contribution in [0.25, 0.3) is 0 Å². The van der Waals surface area contributed by atoms with Crippen molar-refractivity contribution < 1.29 is 0 Å². The molecular weight excluding hydrogens is 304 g/mol. The molecule has 2 rings (SSSR count). The minimum atomic E-state index is 0.240. The lowest BCUT2D eigenvalue weighted by Gasteiger charge is -2.13. The summed E-state index contributed by atoms with van der Waals surface area (Å²) in [7, 11) is 0. The van der Waals surface area contributed by atoms with Gasteiger partial charge in [-0.05, 0) is 57.2 Å². The Hall–Kier alpha value is -0.200. The lowest BCUT2D eigenvalue weighted by atomic mass is 10.1. The summed E-state index contributed by atoms with van der Waals surface area (Å²) in [6.07, 6.45) is 2.10. The number of halogens is 1. The molecule has 1 unspecified atom stereocenters. The molecule has 2 heterocycles. The number of thiophene rings is 2. The van der Waals surface area contributed by atoms with Crippen molar-refractivity contribution in [3.63, 3.8) is 0 Å². The Bertz CT molecular complexity index is 425. The number of hydrogen-bond acceptors (Lipinski definition) is 4. The highest BCUT2D eigenvalue weighted by molar-refractivity contribution is 9.11. The van der Waals surface area contributed by atoms with Gasteiger partial charge in [-0.25, -0.2) is 0 Å². The molecule has 0 aliphatic carbocycles. The van der Waals surface area contributed by atoms with Crippen molar-refractivity contribution in [2.75, 3.05) is 0 Å². The second-order valence-corrected chi connectivity index (χ2v) is 6.84. The molecule has 86 valence electrons. The van der Waals surface area contributed by atoms with Gasteiger partial charge in [0.15, 0.2) is 0 Å². The molecule has 2 aromatic rings. The van der Waals surface area contributed by atoms with Crippen LogP contribution in [0, 0.1) is 0 Å². The highest BCUT2D eigenvalue weighted by atomic mass is 79.9. The molecule has 0 aromatic carbocycles. The third-order valence-corrected chi connectivity index (χ3v) is 4.91. The van der Waals surface area contributed by atoms with E-state index in [2.05, 4.69) is 50.3 Å². The summed E-state index contributed by atoms with van der Waals surface area (Å²) in [5, 5.41) is 4.25. The first-order valence-electron chi connectivity index (χ1n) is 5.02. The van der Waals surface area contributed by atoms with Gasteiger partial charge in [0.05, 0.1) is 3.79 Å². The van der Waals surface area contributed by atoms with Crippen LogP contribution in [0.4, 0.5) is 0 Å². The van der Waals surface area contributed by atoms with E-state index in [0.29, 0.717) is 0 Å². The summed E-state index contributed by atoms with van der Waals surface area (Å²) in [5.74, 6) is 5.60. The Morgan fingerprint density at radius 2 is 2.31 bits per heavy atom. The lowest BCUT2D eigenvalue weighted by Crippen LogP contribution is -2.28. The van der Waals surface area contributed by atoms with E-state index >= 15 is 0 Å². The fourth-order valence-electron chi connectivity index (χ4n) is 1.59. The van der Waals surface area contributed by atoms with Crippen molar-refractivity contribution in [3.8, 4) is 0 Å². The van der Waals surface area contributed by atoms with Crippen LogP contribution < -0.4 is 11.3 Å². The number of hydrogen-bond donors (Lipinski definition) is 2. The molecule has 0 aliphatic rings. The van der Waals surface area contributed by atoms with Gasteiger partial charge in [0, 0.05) is 10.9 Å². The number of rotatable bonds is 5. The molecule has 1 atom stereocenters. The molecule has 0 spiro atoms. The Kier molecular flexibility index (Phi) is 4.55. The Labute approximate surface area is 112 Å². The normalized spacial score (nSPS) is 12.9. The third kappa shape index (κ3) is 3.15. The number of hydrazine groups is 1. The molecule has 0 saturated heterocycles. The molecule has 0 saturated carbocycles. The first-order chi connectivity index (χ1) is 7.79. The van der Waals surface area contributed by atoms with Crippen LogP contribution in [0.5, 0.6) is 0 Å². The monoisotopic (exact) mass is 316 g/mol. The third-order valence-electron chi connectivity index (χ3n) is 2.45. The van der Waals surface area contributed by atoms with Crippen molar-refractivity contribution in [1.82, 2.24) is 5.43 Å². The Balaban J connectivity index is 1.96. The van der Waals surface area contributed by atoms with Crippen molar-refractivity contribution >= 4 is 38.6 Å². The van der Waals surface area contributed by atoms with Crippen LogP contribution in [0.3, 0.4) is 0 Å². The minimum absolute atomic E-state index is 0.240. The van der Waals surface area contributed by atoms with E-state index in [0.717, 1.165) is 16.6 Å². The molecule has 2 aromatic heterocycles. The Morgan fingerprint density at radius 3 is 2.88 bits per heavy atom. The molecule has 2 nitrogen and oxygen atoms in total. The molecule has 16 heavy (non-hydrogen) atoms. The summed E-state index contributed by atoms with van der Waals surface area (Å²) >= 11 is 6.97. The van der Waals surface area contributed by atoms with E-state index in [1.165, 1.54) is 10.4 Å². The summed E-state index contributed by atoms with van der Waals surface area (Å²) in [4.78, 5) is 1.41. The molecule has 0 amide bonds. The largest absolute Gasteiger partial charge is 0.271 e. The molecular formula is C11H13BrN2S2. The van der Waals surface area contributed by atoms with Gasteiger partial charge in [-0.3, -0.25) is 11.3 Å². The zero-order chi connectivity index (χ0) is 11.4. The van der Waals surface area contributed by atoms with Gasteiger partial charge in [0.1, 0.15) is 0 Å². The average Bonchev–Trinajstić information content (AvgIpc) is 2.91. The topological polar surface area (TPSA) is 38.0 Å². The maximum atomic E-state index is 5.60. The van der Waals surface area contributed by atoms with Crippen LogP contribution in [0.2, 0.25) is 0 Å². The molecule has 0 aliphatic heterocycles. The second-order valence-electron chi connectivity index (χ2n) is 3.52. The average molecular weight is 317 g/mol. The zero-order valence-electron chi connectivity index (χ0n) is 8.65. The van der Waals surface area contributed by atoms with Crippen molar-refractivity contribution in [2.24, 2.45) is 5.84 Å². The first kappa shape index (κ1) is 12.3. The predicted molar refractivity (Wildman–Crippen MR) is 74.7 cm³/mol. The van der Waals surface area contributed by atoms with Gasteiger partial charge in [-0.1, -0.05) is 6.07 Å². The number of nitrogens with one attached hydrogen (secondary N) is 1. The van der Waals surface area contributed by atoms with Crippen LogP contribution in [0.15, 0.2) is 32.7 Å². The van der Waals surface area contributed by atoms with E-state index in [1.807, 2.05) is 0 Å². The van der Waals surface area contributed by atoms with Crippen molar-refractivity contribution in [3.05, 3.63) is 43.2 Å². The highest BCUT2D eigenvalue weighted by Crippen LogP contribution is 2.27. The number of nitrogens with two attached hydrogens (primary N) is 1. The van der Waals surface area contributed by atoms with E-state index in [9.17, 15) is 0 Å².